The van der Waals surface area contributed by atoms with E-state index in [1.165, 1.54) is 14.2 Å². The van der Waals surface area contributed by atoms with E-state index in [1.54, 1.807) is 12.1 Å². The highest BCUT2D eigenvalue weighted by Gasteiger charge is 2.54. The predicted molar refractivity (Wildman–Crippen MR) is 98.1 cm³/mol. The fourth-order valence-electron chi connectivity index (χ4n) is 3.16. The first-order valence-corrected chi connectivity index (χ1v) is 8.52. The van der Waals surface area contributed by atoms with Crippen LogP contribution in [0.2, 0.25) is 0 Å². The predicted octanol–water partition coefficient (Wildman–Crippen LogP) is 2.78. The number of carbonyl (C=O) groups excluding carboxylic acids is 2. The minimum absolute atomic E-state index is 0.110. The smallest absolute Gasteiger partial charge is 0.468 e. The van der Waals surface area contributed by atoms with Gasteiger partial charge in [0.1, 0.15) is 0 Å². The summed E-state index contributed by atoms with van der Waals surface area (Å²) in [4.78, 5) is 24.8. The van der Waals surface area contributed by atoms with Crippen LogP contribution in [0.3, 0.4) is 0 Å². The Morgan fingerprint density at radius 1 is 1.12 bits per heavy atom. The van der Waals surface area contributed by atoms with Crippen molar-refractivity contribution in [3.63, 3.8) is 0 Å². The lowest BCUT2D eigenvalue weighted by molar-refractivity contribution is -0.164. The van der Waals surface area contributed by atoms with Crippen LogP contribution in [0.15, 0.2) is 35.3 Å². The van der Waals surface area contributed by atoms with Gasteiger partial charge in [0.15, 0.2) is 5.41 Å². The third-order valence-electron chi connectivity index (χ3n) is 5.37. The zero-order chi connectivity index (χ0) is 19.9. The van der Waals surface area contributed by atoms with Crippen LogP contribution < -0.4 is 0 Å². The summed E-state index contributed by atoms with van der Waals surface area (Å²) in [6.07, 6.45) is 1.68. The van der Waals surface area contributed by atoms with Crippen molar-refractivity contribution in [1.82, 2.24) is 0 Å². The molecule has 1 aliphatic heterocycles. The molecule has 0 aromatic heterocycles. The summed E-state index contributed by atoms with van der Waals surface area (Å²) in [5.74, 6) is 0.464. The second-order valence-electron chi connectivity index (χ2n) is 7.79. The van der Waals surface area contributed by atoms with E-state index >= 15 is 0 Å². The van der Waals surface area contributed by atoms with Crippen molar-refractivity contribution < 1.29 is 28.4 Å². The minimum atomic E-state index is -1.52. The molecule has 0 saturated carbocycles. The van der Waals surface area contributed by atoms with Gasteiger partial charge < -0.3 is 18.8 Å². The van der Waals surface area contributed by atoms with Crippen LogP contribution in [-0.4, -0.2) is 44.5 Å². The van der Waals surface area contributed by atoms with Gasteiger partial charge in [-0.25, -0.2) is 0 Å². The van der Waals surface area contributed by atoms with Crippen molar-refractivity contribution in [3.05, 3.63) is 35.3 Å². The summed E-state index contributed by atoms with van der Waals surface area (Å²) < 4.78 is 21.8. The summed E-state index contributed by atoms with van der Waals surface area (Å²) in [6.45, 7) is 13.6. The van der Waals surface area contributed by atoms with E-state index in [4.69, 9.17) is 18.8 Å². The Kier molecular flexibility index (Phi) is 5.28. The number of esters is 2. The molecule has 26 heavy (non-hydrogen) atoms. The molecule has 0 unspecified atom stereocenters. The Bertz CT molecular complexity index is 669. The zero-order valence-corrected chi connectivity index (χ0v) is 16.6. The van der Waals surface area contributed by atoms with Crippen molar-refractivity contribution in [2.24, 2.45) is 5.41 Å². The maximum absolute atomic E-state index is 12.4. The molecule has 142 valence electrons. The number of hydrogen-bond acceptors (Lipinski definition) is 6. The largest absolute Gasteiger partial charge is 0.487 e. The molecule has 0 amide bonds. The Balaban J connectivity index is 2.45. The normalized spacial score (nSPS) is 24.3. The number of methoxy groups -OCH3 is 2. The van der Waals surface area contributed by atoms with Gasteiger partial charge in [-0.1, -0.05) is 18.1 Å². The monoisotopic (exact) mass is 362 g/mol. The third-order valence-corrected chi connectivity index (χ3v) is 5.37. The van der Waals surface area contributed by atoms with Crippen LogP contribution in [0.1, 0.15) is 41.0 Å². The van der Waals surface area contributed by atoms with Gasteiger partial charge in [-0.15, -0.1) is 0 Å². The number of hydrogen-bond donors (Lipinski definition) is 0. The van der Waals surface area contributed by atoms with Crippen molar-refractivity contribution in [2.75, 3.05) is 14.2 Å². The SMILES string of the molecule is C=C(C)C1=CC(C(=O)OC)(C(=O)OC)C/C1=C/B1OC(C)(C)C(C)(C)O1. The fourth-order valence-corrected chi connectivity index (χ4v) is 3.16. The van der Waals surface area contributed by atoms with E-state index in [0.717, 1.165) is 11.1 Å². The first kappa shape index (κ1) is 20.5. The van der Waals surface area contributed by atoms with Crippen LogP contribution in [0.5, 0.6) is 0 Å². The number of carbonyl (C=O) groups is 2. The van der Waals surface area contributed by atoms with Gasteiger partial charge in [0.25, 0.3) is 0 Å². The maximum atomic E-state index is 12.4. The fraction of sp³-hybridized carbons (Fsp3) is 0.579. The van der Waals surface area contributed by atoms with Crippen molar-refractivity contribution >= 4 is 19.1 Å². The molecule has 7 heteroatoms. The van der Waals surface area contributed by atoms with Gasteiger partial charge >= 0.3 is 19.1 Å². The quantitative estimate of drug-likeness (QED) is 0.435. The van der Waals surface area contributed by atoms with Crippen LogP contribution in [-0.2, 0) is 28.4 Å². The van der Waals surface area contributed by atoms with E-state index < -0.39 is 35.7 Å². The van der Waals surface area contributed by atoms with Crippen molar-refractivity contribution in [2.45, 2.75) is 52.2 Å². The average Bonchev–Trinajstić information content (AvgIpc) is 3.01. The highest BCUT2D eigenvalue weighted by atomic mass is 16.7. The number of ether oxygens (including phenoxy) is 2. The molecule has 0 aromatic rings. The molecule has 0 atom stereocenters. The summed E-state index contributed by atoms with van der Waals surface area (Å²) in [5.41, 5.74) is -0.317. The summed E-state index contributed by atoms with van der Waals surface area (Å²) in [6, 6.07) is 0. The molecular weight excluding hydrogens is 335 g/mol. The van der Waals surface area contributed by atoms with Gasteiger partial charge in [-0.05, 0) is 51.8 Å². The Hall–Kier alpha value is -1.86. The maximum Gasteiger partial charge on any atom is 0.487 e. The van der Waals surface area contributed by atoms with E-state index in [1.807, 2.05) is 34.6 Å². The summed E-state index contributed by atoms with van der Waals surface area (Å²) in [5, 5.41) is 0. The molecule has 2 rings (SSSR count). The lowest BCUT2D eigenvalue weighted by Crippen LogP contribution is -2.41. The molecule has 1 fully saturated rings. The third kappa shape index (κ3) is 3.26. The minimum Gasteiger partial charge on any atom is -0.468 e. The molecule has 0 spiro atoms. The number of rotatable bonds is 4. The van der Waals surface area contributed by atoms with E-state index in [9.17, 15) is 9.59 Å². The van der Waals surface area contributed by atoms with Gasteiger partial charge in [0, 0.05) is 6.42 Å². The average molecular weight is 362 g/mol. The van der Waals surface area contributed by atoms with Crippen LogP contribution >= 0.6 is 0 Å². The molecule has 1 aliphatic carbocycles. The zero-order valence-electron chi connectivity index (χ0n) is 16.6. The lowest BCUT2D eigenvalue weighted by Gasteiger charge is -2.32. The van der Waals surface area contributed by atoms with Crippen molar-refractivity contribution in [1.29, 1.82) is 0 Å². The van der Waals surface area contributed by atoms with E-state index in [0.29, 0.717) is 5.57 Å². The van der Waals surface area contributed by atoms with Gasteiger partial charge in [0.05, 0.1) is 25.4 Å². The topological polar surface area (TPSA) is 71.1 Å². The molecule has 0 N–H and O–H groups in total. The molecule has 0 radical (unpaired) electrons. The first-order valence-electron chi connectivity index (χ1n) is 8.52. The van der Waals surface area contributed by atoms with Crippen LogP contribution in [0.25, 0.3) is 0 Å². The highest BCUT2D eigenvalue weighted by Crippen LogP contribution is 2.45. The van der Waals surface area contributed by atoms with Crippen LogP contribution in [0, 0.1) is 5.41 Å². The molecule has 1 saturated heterocycles. The van der Waals surface area contributed by atoms with Crippen LogP contribution in [0.4, 0.5) is 0 Å². The van der Waals surface area contributed by atoms with Gasteiger partial charge in [0.2, 0.25) is 0 Å². The standard InChI is InChI=1S/C19H27BO6/c1-12(2)14-10-19(15(21)23-7,16(22)24-8)9-13(14)11-20-25-17(3,4)18(5,6)26-20/h10-11H,1,9H2,2-8H3/b13-11-. The highest BCUT2D eigenvalue weighted by molar-refractivity contribution is 6.52. The Morgan fingerprint density at radius 2 is 1.58 bits per heavy atom. The number of allylic oxidation sites excluding steroid dienone is 3. The van der Waals surface area contributed by atoms with Gasteiger partial charge in [-0.2, -0.15) is 0 Å². The van der Waals surface area contributed by atoms with Crippen molar-refractivity contribution in [3.8, 4) is 0 Å². The summed E-state index contributed by atoms with van der Waals surface area (Å²) >= 11 is 0. The Morgan fingerprint density at radius 3 is 1.96 bits per heavy atom. The molecule has 0 bridgehead atoms. The van der Waals surface area contributed by atoms with E-state index in [2.05, 4.69) is 6.58 Å². The lowest BCUT2D eigenvalue weighted by atomic mass is 9.81. The molecule has 0 aromatic carbocycles. The first-order chi connectivity index (χ1) is 11.9. The molecular formula is C19H27BO6. The van der Waals surface area contributed by atoms with E-state index in [-0.39, 0.29) is 6.42 Å². The Labute approximate surface area is 155 Å². The molecule has 1 heterocycles. The molecule has 2 aliphatic rings. The second-order valence-corrected chi connectivity index (χ2v) is 7.79. The van der Waals surface area contributed by atoms with Gasteiger partial charge in [-0.3, -0.25) is 9.59 Å². The summed E-state index contributed by atoms with van der Waals surface area (Å²) in [7, 11) is 1.90. The second kappa shape index (κ2) is 6.70. The molecule has 6 nitrogen and oxygen atoms in total.